The fourth-order valence-corrected chi connectivity index (χ4v) is 2.99. The predicted octanol–water partition coefficient (Wildman–Crippen LogP) is 2.81. The molecule has 1 N–H and O–H groups in total. The number of nitrogens with one attached hydrogen (secondary N) is 1. The molecule has 3 rings (SSSR count). The molecule has 0 aliphatic heterocycles. The molecule has 0 spiro atoms. The van der Waals surface area contributed by atoms with E-state index in [9.17, 15) is 19.7 Å². The Kier molecular flexibility index (Phi) is 6.53. The van der Waals surface area contributed by atoms with Crippen LogP contribution in [0.1, 0.15) is 18.1 Å². The number of carbonyl (C=O) groups excluding carboxylic acids is 2. The van der Waals surface area contributed by atoms with Gasteiger partial charge < -0.3 is 9.30 Å². The first-order chi connectivity index (χ1) is 14.5. The van der Waals surface area contributed by atoms with E-state index in [0.717, 1.165) is 16.5 Å². The lowest BCUT2D eigenvalue weighted by atomic mass is 10.1. The van der Waals surface area contributed by atoms with E-state index >= 15 is 0 Å². The van der Waals surface area contributed by atoms with E-state index in [1.54, 1.807) is 17.7 Å². The van der Waals surface area contributed by atoms with Gasteiger partial charge in [0, 0.05) is 34.8 Å². The number of non-ortho nitro benzene ring substituents is 1. The van der Waals surface area contributed by atoms with E-state index in [1.165, 1.54) is 30.5 Å². The third-order valence-corrected chi connectivity index (χ3v) is 4.33. The summed E-state index contributed by atoms with van der Waals surface area (Å²) in [6, 6.07) is 13.3. The zero-order valence-corrected chi connectivity index (χ0v) is 16.3. The third-order valence-electron chi connectivity index (χ3n) is 4.33. The summed E-state index contributed by atoms with van der Waals surface area (Å²) in [7, 11) is 0. The summed E-state index contributed by atoms with van der Waals surface area (Å²) in [6.45, 7) is 2.14. The highest BCUT2D eigenvalue weighted by atomic mass is 16.6. The van der Waals surface area contributed by atoms with Crippen molar-refractivity contribution in [3.05, 3.63) is 76.0 Å². The molecule has 0 fully saturated rings. The van der Waals surface area contributed by atoms with Crippen molar-refractivity contribution in [3.63, 3.8) is 0 Å². The Bertz CT molecular complexity index is 1100. The van der Waals surface area contributed by atoms with Crippen molar-refractivity contribution < 1.29 is 19.2 Å². The summed E-state index contributed by atoms with van der Waals surface area (Å²) in [5, 5.41) is 15.6. The molecular weight excluding hydrogens is 388 g/mol. The van der Waals surface area contributed by atoms with Crippen molar-refractivity contribution in [2.45, 2.75) is 19.9 Å². The van der Waals surface area contributed by atoms with Crippen molar-refractivity contribution in [1.82, 2.24) is 9.99 Å². The lowest BCUT2D eigenvalue weighted by Gasteiger charge is -2.04. The van der Waals surface area contributed by atoms with Crippen molar-refractivity contribution in [2.75, 3.05) is 6.61 Å². The lowest BCUT2D eigenvalue weighted by molar-refractivity contribution is -0.384. The fraction of sp³-hybridized carbons (Fsp3) is 0.190. The Morgan fingerprint density at radius 1 is 1.20 bits per heavy atom. The van der Waals surface area contributed by atoms with Crippen LogP contribution in [-0.2, 0) is 27.3 Å². The van der Waals surface area contributed by atoms with Crippen LogP contribution in [0.5, 0.6) is 0 Å². The number of esters is 1. The van der Waals surface area contributed by atoms with Gasteiger partial charge in [0.2, 0.25) is 5.91 Å². The maximum Gasteiger partial charge on any atom is 0.325 e. The number of nitro benzene ring substituents is 1. The van der Waals surface area contributed by atoms with Gasteiger partial charge in [-0.15, -0.1) is 0 Å². The molecule has 0 saturated heterocycles. The Morgan fingerprint density at radius 3 is 2.63 bits per heavy atom. The number of para-hydroxylation sites is 1. The second kappa shape index (κ2) is 9.46. The number of ether oxygens (including phenoxy) is 1. The molecule has 0 aliphatic rings. The smallest absolute Gasteiger partial charge is 0.325 e. The molecule has 9 nitrogen and oxygen atoms in total. The first-order valence-electron chi connectivity index (χ1n) is 9.26. The van der Waals surface area contributed by atoms with Gasteiger partial charge in [0.05, 0.1) is 24.2 Å². The number of carbonyl (C=O) groups is 2. The number of nitro groups is 1. The molecule has 0 saturated carbocycles. The highest BCUT2D eigenvalue weighted by molar-refractivity contribution is 6.00. The van der Waals surface area contributed by atoms with Crippen molar-refractivity contribution in [3.8, 4) is 0 Å². The number of aromatic nitrogens is 1. The minimum Gasteiger partial charge on any atom is -0.465 e. The van der Waals surface area contributed by atoms with Crippen LogP contribution in [0.3, 0.4) is 0 Å². The summed E-state index contributed by atoms with van der Waals surface area (Å²) < 4.78 is 6.78. The molecule has 2 aromatic carbocycles. The normalized spacial score (nSPS) is 11.0. The molecule has 3 aromatic rings. The molecule has 1 aromatic heterocycles. The van der Waals surface area contributed by atoms with E-state index in [1.807, 2.05) is 24.3 Å². The molecule has 1 heterocycles. The summed E-state index contributed by atoms with van der Waals surface area (Å²) in [4.78, 5) is 34.1. The SMILES string of the molecule is CCOC(=O)Cn1cc(/C=N/NC(=O)Cc2ccc([N+](=O)[O-])cc2)c2ccccc21. The van der Waals surface area contributed by atoms with Gasteiger partial charge in [0.1, 0.15) is 6.54 Å². The number of amides is 1. The van der Waals surface area contributed by atoms with Gasteiger partial charge in [-0.05, 0) is 18.6 Å². The van der Waals surface area contributed by atoms with E-state index in [-0.39, 0.29) is 30.5 Å². The summed E-state index contributed by atoms with van der Waals surface area (Å²) in [5.41, 5.74) is 4.65. The average molecular weight is 408 g/mol. The van der Waals surface area contributed by atoms with Crippen LogP contribution in [-0.4, -0.2) is 34.2 Å². The molecule has 154 valence electrons. The first kappa shape index (κ1) is 20.7. The van der Waals surface area contributed by atoms with E-state index in [0.29, 0.717) is 12.2 Å². The topological polar surface area (TPSA) is 116 Å². The standard InChI is InChI=1S/C21H20N4O5/c1-2-30-21(27)14-24-13-16(18-5-3-4-6-19(18)24)12-22-23-20(26)11-15-7-9-17(10-8-15)25(28)29/h3-10,12-13H,2,11,14H2,1H3,(H,23,26)/b22-12+. The largest absolute Gasteiger partial charge is 0.465 e. The second-order valence-corrected chi connectivity index (χ2v) is 6.43. The molecule has 9 heteroatoms. The number of hydrogen-bond donors (Lipinski definition) is 1. The van der Waals surface area contributed by atoms with Crippen molar-refractivity contribution in [2.24, 2.45) is 5.10 Å². The van der Waals surface area contributed by atoms with Crippen LogP contribution in [0.4, 0.5) is 5.69 Å². The van der Waals surface area contributed by atoms with Crippen LogP contribution >= 0.6 is 0 Å². The van der Waals surface area contributed by atoms with Gasteiger partial charge in [-0.25, -0.2) is 5.43 Å². The number of fused-ring (bicyclic) bond motifs is 1. The minimum absolute atomic E-state index is 0.0311. The Labute approximate surface area is 172 Å². The van der Waals surface area contributed by atoms with Gasteiger partial charge in [-0.1, -0.05) is 30.3 Å². The molecule has 1 amide bonds. The monoisotopic (exact) mass is 408 g/mol. The molecule has 0 aliphatic carbocycles. The van der Waals surface area contributed by atoms with Crippen LogP contribution in [0, 0.1) is 10.1 Å². The first-order valence-corrected chi connectivity index (χ1v) is 9.26. The second-order valence-electron chi connectivity index (χ2n) is 6.43. The number of rotatable bonds is 8. The summed E-state index contributed by atoms with van der Waals surface area (Å²) >= 11 is 0. The predicted molar refractivity (Wildman–Crippen MR) is 111 cm³/mol. The van der Waals surface area contributed by atoms with Gasteiger partial charge in [0.25, 0.3) is 5.69 Å². The quantitative estimate of drug-likeness (QED) is 0.266. The van der Waals surface area contributed by atoms with Crippen LogP contribution < -0.4 is 5.43 Å². The van der Waals surface area contributed by atoms with Crippen LogP contribution in [0.2, 0.25) is 0 Å². The molecule has 0 unspecified atom stereocenters. The average Bonchev–Trinajstić information content (AvgIpc) is 3.06. The lowest BCUT2D eigenvalue weighted by Crippen LogP contribution is -2.19. The third kappa shape index (κ3) is 5.07. The molecule has 0 bridgehead atoms. The summed E-state index contributed by atoms with van der Waals surface area (Å²) in [5.74, 6) is -0.687. The zero-order chi connectivity index (χ0) is 21.5. The number of nitrogens with zero attached hydrogens (tertiary/aromatic N) is 3. The Balaban J connectivity index is 1.67. The Morgan fingerprint density at radius 2 is 1.93 bits per heavy atom. The van der Waals surface area contributed by atoms with Gasteiger partial charge in [-0.2, -0.15) is 5.10 Å². The molecule has 0 radical (unpaired) electrons. The van der Waals surface area contributed by atoms with Crippen molar-refractivity contribution >= 4 is 34.7 Å². The van der Waals surface area contributed by atoms with Gasteiger partial charge >= 0.3 is 5.97 Å². The maximum absolute atomic E-state index is 12.1. The number of hydrazone groups is 1. The zero-order valence-electron chi connectivity index (χ0n) is 16.3. The molecule has 30 heavy (non-hydrogen) atoms. The maximum atomic E-state index is 12.1. The van der Waals surface area contributed by atoms with Gasteiger partial charge in [0.15, 0.2) is 0 Å². The van der Waals surface area contributed by atoms with Crippen molar-refractivity contribution in [1.29, 1.82) is 0 Å². The minimum atomic E-state index is -0.494. The van der Waals surface area contributed by atoms with Crippen LogP contribution in [0.15, 0.2) is 59.8 Å². The number of hydrogen-bond acceptors (Lipinski definition) is 6. The fourth-order valence-electron chi connectivity index (χ4n) is 2.99. The highest BCUT2D eigenvalue weighted by Crippen LogP contribution is 2.20. The molecular formula is C21H20N4O5. The van der Waals surface area contributed by atoms with Gasteiger partial charge in [-0.3, -0.25) is 19.7 Å². The number of benzene rings is 2. The summed E-state index contributed by atoms with van der Waals surface area (Å²) in [6.07, 6.45) is 3.32. The van der Waals surface area contributed by atoms with Crippen LogP contribution in [0.25, 0.3) is 10.9 Å². The molecule has 0 atom stereocenters. The van der Waals surface area contributed by atoms with E-state index < -0.39 is 4.92 Å². The Hall–Kier alpha value is -4.01. The highest BCUT2D eigenvalue weighted by Gasteiger charge is 2.11. The van der Waals surface area contributed by atoms with E-state index in [4.69, 9.17) is 4.74 Å². The van der Waals surface area contributed by atoms with E-state index in [2.05, 4.69) is 10.5 Å².